The summed E-state index contributed by atoms with van der Waals surface area (Å²) in [4.78, 5) is 13.4. The third kappa shape index (κ3) is 3.47. The van der Waals surface area contributed by atoms with Crippen LogP contribution < -0.4 is 0 Å². The molecule has 2 unspecified atom stereocenters. The van der Waals surface area contributed by atoms with Crippen molar-refractivity contribution in [3.05, 3.63) is 0 Å². The van der Waals surface area contributed by atoms with Crippen LogP contribution in [0.5, 0.6) is 0 Å². The Kier molecular flexibility index (Phi) is 3.91. The molecule has 0 spiro atoms. The molecule has 1 saturated heterocycles. The second-order valence-electron chi connectivity index (χ2n) is 4.52. The SMILES string of the molecule is CC(=O)CC1CCN(C)CCC1C. The highest BCUT2D eigenvalue weighted by Crippen LogP contribution is 2.26. The summed E-state index contributed by atoms with van der Waals surface area (Å²) in [5.74, 6) is 1.69. The Labute approximate surface area is 81.3 Å². The van der Waals surface area contributed by atoms with E-state index in [1.54, 1.807) is 6.92 Å². The molecular formula is C11H21NO. The molecule has 1 rings (SSSR count). The van der Waals surface area contributed by atoms with Crippen molar-refractivity contribution in [1.29, 1.82) is 0 Å². The first-order chi connectivity index (χ1) is 6.09. The highest BCUT2D eigenvalue weighted by Gasteiger charge is 2.22. The summed E-state index contributed by atoms with van der Waals surface area (Å²) in [6, 6.07) is 0. The molecule has 0 N–H and O–H groups in total. The van der Waals surface area contributed by atoms with Gasteiger partial charge < -0.3 is 9.69 Å². The van der Waals surface area contributed by atoms with Crippen molar-refractivity contribution >= 4 is 5.78 Å². The number of likely N-dealkylation sites (tertiary alicyclic amines) is 1. The van der Waals surface area contributed by atoms with Gasteiger partial charge in [-0.15, -0.1) is 0 Å². The lowest BCUT2D eigenvalue weighted by Gasteiger charge is -2.18. The van der Waals surface area contributed by atoms with E-state index >= 15 is 0 Å². The fourth-order valence-corrected chi connectivity index (χ4v) is 2.11. The number of hydrogen-bond donors (Lipinski definition) is 0. The number of ketones is 1. The molecule has 2 atom stereocenters. The summed E-state index contributed by atoms with van der Waals surface area (Å²) in [6.07, 6.45) is 3.22. The zero-order chi connectivity index (χ0) is 9.84. The highest BCUT2D eigenvalue weighted by atomic mass is 16.1. The third-order valence-corrected chi connectivity index (χ3v) is 3.20. The van der Waals surface area contributed by atoms with E-state index in [2.05, 4.69) is 18.9 Å². The number of Topliss-reactive ketones (excluding diaryl/α,β-unsaturated/α-hetero) is 1. The van der Waals surface area contributed by atoms with Gasteiger partial charge in [0, 0.05) is 6.42 Å². The average Bonchev–Trinajstić information content (AvgIpc) is 2.19. The Morgan fingerprint density at radius 2 is 2.00 bits per heavy atom. The van der Waals surface area contributed by atoms with Crippen molar-refractivity contribution in [1.82, 2.24) is 4.90 Å². The molecule has 1 aliphatic heterocycles. The maximum absolute atomic E-state index is 11.0. The number of carbonyl (C=O) groups excluding carboxylic acids is 1. The van der Waals surface area contributed by atoms with E-state index in [0.717, 1.165) is 13.0 Å². The summed E-state index contributed by atoms with van der Waals surface area (Å²) < 4.78 is 0. The van der Waals surface area contributed by atoms with Crippen molar-refractivity contribution in [2.75, 3.05) is 20.1 Å². The van der Waals surface area contributed by atoms with Gasteiger partial charge in [-0.25, -0.2) is 0 Å². The molecule has 0 aromatic carbocycles. The van der Waals surface area contributed by atoms with Gasteiger partial charge in [0.15, 0.2) is 0 Å². The molecule has 13 heavy (non-hydrogen) atoms. The molecule has 1 fully saturated rings. The van der Waals surface area contributed by atoms with Gasteiger partial charge in [0.1, 0.15) is 5.78 Å². The quantitative estimate of drug-likeness (QED) is 0.652. The van der Waals surface area contributed by atoms with E-state index in [9.17, 15) is 4.79 Å². The molecule has 1 aliphatic rings. The van der Waals surface area contributed by atoms with Crippen LogP contribution in [0.15, 0.2) is 0 Å². The molecule has 0 aliphatic carbocycles. The number of carbonyl (C=O) groups is 1. The van der Waals surface area contributed by atoms with E-state index in [4.69, 9.17) is 0 Å². The van der Waals surface area contributed by atoms with Crippen molar-refractivity contribution in [3.8, 4) is 0 Å². The average molecular weight is 183 g/mol. The van der Waals surface area contributed by atoms with E-state index in [1.165, 1.54) is 19.4 Å². The largest absolute Gasteiger partial charge is 0.306 e. The zero-order valence-electron chi connectivity index (χ0n) is 9.05. The Hall–Kier alpha value is -0.370. The van der Waals surface area contributed by atoms with Crippen molar-refractivity contribution in [3.63, 3.8) is 0 Å². The van der Waals surface area contributed by atoms with E-state index in [1.807, 2.05) is 0 Å². The van der Waals surface area contributed by atoms with E-state index < -0.39 is 0 Å². The van der Waals surface area contributed by atoms with Gasteiger partial charge >= 0.3 is 0 Å². The Morgan fingerprint density at radius 1 is 1.38 bits per heavy atom. The molecule has 2 heteroatoms. The number of hydrogen-bond acceptors (Lipinski definition) is 2. The van der Waals surface area contributed by atoms with Gasteiger partial charge in [0.05, 0.1) is 0 Å². The summed E-state index contributed by atoms with van der Waals surface area (Å²) in [6.45, 7) is 6.34. The predicted octanol–water partition coefficient (Wildman–Crippen LogP) is 1.94. The summed E-state index contributed by atoms with van der Waals surface area (Å²) >= 11 is 0. The zero-order valence-corrected chi connectivity index (χ0v) is 9.05. The first kappa shape index (κ1) is 10.7. The lowest BCUT2D eigenvalue weighted by Crippen LogP contribution is -2.19. The van der Waals surface area contributed by atoms with Gasteiger partial charge in [-0.3, -0.25) is 0 Å². The van der Waals surface area contributed by atoms with E-state index in [0.29, 0.717) is 17.6 Å². The molecule has 0 bridgehead atoms. The maximum atomic E-state index is 11.0. The predicted molar refractivity (Wildman–Crippen MR) is 54.7 cm³/mol. The minimum Gasteiger partial charge on any atom is -0.306 e. The molecular weight excluding hydrogens is 162 g/mol. The van der Waals surface area contributed by atoms with E-state index in [-0.39, 0.29) is 0 Å². The standard InChI is InChI=1S/C11H21NO/c1-9-4-6-12(3)7-5-11(9)8-10(2)13/h9,11H,4-8H2,1-3H3. The maximum Gasteiger partial charge on any atom is 0.130 e. The molecule has 0 saturated carbocycles. The first-order valence-corrected chi connectivity index (χ1v) is 5.27. The fraction of sp³-hybridized carbons (Fsp3) is 0.909. The molecule has 0 aromatic rings. The van der Waals surface area contributed by atoms with Crippen LogP contribution in [0.2, 0.25) is 0 Å². The monoisotopic (exact) mass is 183 g/mol. The van der Waals surface area contributed by atoms with Crippen LogP contribution in [0.4, 0.5) is 0 Å². The van der Waals surface area contributed by atoms with Gasteiger partial charge in [0.25, 0.3) is 0 Å². The van der Waals surface area contributed by atoms with Crippen LogP contribution in [-0.4, -0.2) is 30.8 Å². The second-order valence-corrected chi connectivity index (χ2v) is 4.52. The Balaban J connectivity index is 2.46. The van der Waals surface area contributed by atoms with Crippen LogP contribution in [0.1, 0.15) is 33.1 Å². The summed E-state index contributed by atoms with van der Waals surface area (Å²) in [5.41, 5.74) is 0. The van der Waals surface area contributed by atoms with Crippen molar-refractivity contribution in [2.45, 2.75) is 33.1 Å². The molecule has 0 amide bonds. The van der Waals surface area contributed by atoms with Crippen LogP contribution in [0, 0.1) is 11.8 Å². The second kappa shape index (κ2) is 4.75. The molecule has 76 valence electrons. The number of rotatable bonds is 2. The molecule has 2 nitrogen and oxygen atoms in total. The molecule has 1 heterocycles. The normalized spacial score (nSPS) is 31.3. The van der Waals surface area contributed by atoms with Crippen LogP contribution in [0.3, 0.4) is 0 Å². The van der Waals surface area contributed by atoms with Crippen molar-refractivity contribution in [2.24, 2.45) is 11.8 Å². The van der Waals surface area contributed by atoms with Gasteiger partial charge in [-0.2, -0.15) is 0 Å². The van der Waals surface area contributed by atoms with Gasteiger partial charge in [0.2, 0.25) is 0 Å². The Bertz CT molecular complexity index is 179. The lowest BCUT2D eigenvalue weighted by molar-refractivity contribution is -0.118. The minimum atomic E-state index is 0.349. The third-order valence-electron chi connectivity index (χ3n) is 3.20. The van der Waals surface area contributed by atoms with Crippen LogP contribution >= 0.6 is 0 Å². The molecule has 0 radical (unpaired) electrons. The van der Waals surface area contributed by atoms with Gasteiger partial charge in [-0.05, 0) is 51.7 Å². The summed E-state index contributed by atoms with van der Waals surface area (Å²) in [5, 5.41) is 0. The summed E-state index contributed by atoms with van der Waals surface area (Å²) in [7, 11) is 2.17. The minimum absolute atomic E-state index is 0.349. The molecule has 0 aromatic heterocycles. The first-order valence-electron chi connectivity index (χ1n) is 5.27. The topological polar surface area (TPSA) is 20.3 Å². The lowest BCUT2D eigenvalue weighted by atomic mass is 9.86. The number of nitrogens with zero attached hydrogens (tertiary/aromatic N) is 1. The highest BCUT2D eigenvalue weighted by molar-refractivity contribution is 5.75. The fourth-order valence-electron chi connectivity index (χ4n) is 2.11. The van der Waals surface area contributed by atoms with Gasteiger partial charge in [-0.1, -0.05) is 6.92 Å². The Morgan fingerprint density at radius 3 is 2.62 bits per heavy atom. The van der Waals surface area contributed by atoms with Crippen LogP contribution in [-0.2, 0) is 4.79 Å². The van der Waals surface area contributed by atoms with Crippen molar-refractivity contribution < 1.29 is 4.79 Å². The smallest absolute Gasteiger partial charge is 0.130 e. The van der Waals surface area contributed by atoms with Crippen LogP contribution in [0.25, 0.3) is 0 Å².